The van der Waals surface area contributed by atoms with Gasteiger partial charge < -0.3 is 18.9 Å². The molecule has 0 spiro atoms. The van der Waals surface area contributed by atoms with E-state index in [2.05, 4.69) is 16.4 Å². The van der Waals surface area contributed by atoms with Crippen molar-refractivity contribution < 1.29 is 66.0 Å². The van der Waals surface area contributed by atoms with Crippen molar-refractivity contribution in [2.24, 2.45) is 0 Å². The van der Waals surface area contributed by atoms with E-state index in [9.17, 15) is 14.4 Å². The molecule has 7 nitrogen and oxygen atoms in total. The summed E-state index contributed by atoms with van der Waals surface area (Å²) in [5.41, 5.74) is 0. The summed E-state index contributed by atoms with van der Waals surface area (Å²) in [5, 5.41) is 0. The molecule has 0 bridgehead atoms. The summed E-state index contributed by atoms with van der Waals surface area (Å²) in [6, 6.07) is 0. The first-order chi connectivity index (χ1) is 11.8. The van der Waals surface area contributed by atoms with Crippen molar-refractivity contribution in [1.82, 2.24) is 0 Å². The molecule has 8 heteroatoms. The molecule has 0 aromatic heterocycles. The normalized spacial score (nSPS) is 8.54. The van der Waals surface area contributed by atoms with Gasteiger partial charge in [-0.05, 0) is 13.3 Å². The molecule has 26 heavy (non-hydrogen) atoms. The van der Waals surface area contributed by atoms with Crippen molar-refractivity contribution >= 4 is 17.9 Å². The third-order valence-electron chi connectivity index (χ3n) is 2.32. The van der Waals surface area contributed by atoms with E-state index in [1.165, 1.54) is 46.6 Å². The summed E-state index contributed by atoms with van der Waals surface area (Å²) in [6.45, 7) is 13.4. The van der Waals surface area contributed by atoms with E-state index < -0.39 is 0 Å². The number of rotatable bonds is 10. The molecule has 0 saturated carbocycles. The predicted octanol–water partition coefficient (Wildman–Crippen LogP) is 3.44. The molecular weight excluding hydrogens is 417 g/mol. The molecule has 0 N–H and O–H groups in total. The Labute approximate surface area is 183 Å². The molecule has 0 amide bonds. The fraction of sp³-hybridized carbons (Fsp3) is 0.778. The quantitative estimate of drug-likeness (QED) is 0.217. The Balaban J connectivity index is -0.000000141. The number of carbonyl (C=O) groups excluding carboxylic acids is 3. The van der Waals surface area contributed by atoms with Crippen molar-refractivity contribution in [2.75, 3.05) is 26.4 Å². The average Bonchev–Trinajstić information content (AvgIpc) is 2.52. The zero-order valence-corrected chi connectivity index (χ0v) is 20.0. The van der Waals surface area contributed by atoms with Gasteiger partial charge in [-0.3, -0.25) is 14.4 Å². The van der Waals surface area contributed by atoms with E-state index in [1.807, 2.05) is 6.92 Å². The van der Waals surface area contributed by atoms with Crippen LogP contribution in [0.1, 0.15) is 67.2 Å². The second-order valence-corrected chi connectivity index (χ2v) is 4.78. The molecule has 153 valence electrons. The fourth-order valence-electron chi connectivity index (χ4n) is 1.30. The van der Waals surface area contributed by atoms with Crippen LogP contribution in [0.5, 0.6) is 0 Å². The number of esters is 3. The summed E-state index contributed by atoms with van der Waals surface area (Å²) in [4.78, 5) is 30.2. The first-order valence-corrected chi connectivity index (χ1v) is 8.61. The molecule has 0 aliphatic rings. The SMILES string of the molecule is CCCCCCOC(C)=O.CCOCCOC(C)=O.C[CH-]OC(C)=O.[Y]. The van der Waals surface area contributed by atoms with Gasteiger partial charge in [0.05, 0.1) is 13.2 Å². The predicted molar refractivity (Wildman–Crippen MR) is 95.6 cm³/mol. The van der Waals surface area contributed by atoms with Crippen molar-refractivity contribution in [3.05, 3.63) is 6.61 Å². The number of hydrogen-bond donors (Lipinski definition) is 0. The minimum Gasteiger partial charge on any atom is -0.637 e. The molecule has 0 aromatic rings. The van der Waals surface area contributed by atoms with E-state index >= 15 is 0 Å². The minimum atomic E-state index is -0.266. The Morgan fingerprint density at radius 2 is 1.31 bits per heavy atom. The van der Waals surface area contributed by atoms with Gasteiger partial charge in [-0.1, -0.05) is 26.2 Å². The Bertz CT molecular complexity index is 323. The van der Waals surface area contributed by atoms with Crippen LogP contribution in [0.15, 0.2) is 0 Å². The maximum Gasteiger partial charge on any atom is 0.302 e. The zero-order valence-electron chi connectivity index (χ0n) is 17.2. The van der Waals surface area contributed by atoms with E-state index in [4.69, 9.17) is 9.47 Å². The molecule has 1 radical (unpaired) electrons. The van der Waals surface area contributed by atoms with Gasteiger partial charge >= 0.3 is 11.9 Å². The molecule has 0 heterocycles. The van der Waals surface area contributed by atoms with Gasteiger partial charge in [0, 0.05) is 60.1 Å². The molecule has 0 aliphatic carbocycles. The Kier molecular flexibility index (Phi) is 37.2. The first-order valence-electron chi connectivity index (χ1n) is 8.61. The molecule has 0 rings (SSSR count). The summed E-state index contributed by atoms with van der Waals surface area (Å²) < 4.78 is 18.5. The monoisotopic (exact) mass is 452 g/mol. The molecule has 0 saturated heterocycles. The van der Waals surface area contributed by atoms with Crippen LogP contribution in [0.2, 0.25) is 0 Å². The van der Waals surface area contributed by atoms with E-state index in [0.717, 1.165) is 6.42 Å². The van der Waals surface area contributed by atoms with E-state index in [-0.39, 0.29) is 50.6 Å². The second-order valence-electron chi connectivity index (χ2n) is 4.78. The zero-order chi connectivity index (χ0) is 19.9. The van der Waals surface area contributed by atoms with Gasteiger partial charge in [-0.15, -0.1) is 0 Å². The third kappa shape index (κ3) is 49.5. The maximum absolute atomic E-state index is 10.3. The van der Waals surface area contributed by atoms with Crippen LogP contribution in [-0.4, -0.2) is 44.3 Å². The van der Waals surface area contributed by atoms with Crippen molar-refractivity contribution in [3.63, 3.8) is 0 Å². The average molecular weight is 452 g/mol. The molecule has 0 aliphatic heterocycles. The van der Waals surface area contributed by atoms with Crippen LogP contribution in [0.25, 0.3) is 0 Å². The summed E-state index contributed by atoms with van der Waals surface area (Å²) >= 11 is 0. The Morgan fingerprint density at radius 1 is 0.769 bits per heavy atom. The topological polar surface area (TPSA) is 88.1 Å². The summed E-state index contributed by atoms with van der Waals surface area (Å²) in [6.07, 6.45) is 4.64. The summed E-state index contributed by atoms with van der Waals surface area (Å²) in [7, 11) is 0. The van der Waals surface area contributed by atoms with Crippen LogP contribution >= 0.6 is 0 Å². The van der Waals surface area contributed by atoms with Gasteiger partial charge in [0.25, 0.3) is 5.97 Å². The molecular formula is C18H35O7Y-. The second kappa shape index (κ2) is 29.2. The van der Waals surface area contributed by atoms with Gasteiger partial charge in [-0.25, -0.2) is 0 Å². The smallest absolute Gasteiger partial charge is 0.302 e. The third-order valence-corrected chi connectivity index (χ3v) is 2.32. The standard InChI is InChI=1S/C8H16O2.C6H12O3.C4H7O2.Y/c1-3-4-5-6-7-10-8(2)9;1-3-8-4-5-9-6(2)7;1-3-6-4(2)5;/h3-7H2,1-2H3;3-5H2,1-2H3;3H,1-2H3;/q;;-1;. The van der Waals surface area contributed by atoms with Crippen LogP contribution in [0.4, 0.5) is 0 Å². The minimum absolute atomic E-state index is 0. The van der Waals surface area contributed by atoms with Crippen LogP contribution in [0, 0.1) is 6.61 Å². The van der Waals surface area contributed by atoms with Crippen molar-refractivity contribution in [3.8, 4) is 0 Å². The van der Waals surface area contributed by atoms with Crippen LogP contribution in [0.3, 0.4) is 0 Å². The van der Waals surface area contributed by atoms with Gasteiger partial charge in [-0.2, -0.15) is 13.5 Å². The van der Waals surface area contributed by atoms with Crippen LogP contribution < -0.4 is 0 Å². The number of carbonyl (C=O) groups is 3. The van der Waals surface area contributed by atoms with Gasteiger partial charge in [0.15, 0.2) is 0 Å². The van der Waals surface area contributed by atoms with E-state index in [1.54, 1.807) is 6.92 Å². The number of ether oxygens (including phenoxy) is 4. The fourth-order valence-corrected chi connectivity index (χ4v) is 1.30. The molecule has 0 atom stereocenters. The van der Waals surface area contributed by atoms with Gasteiger partial charge in [0.2, 0.25) is 0 Å². The summed E-state index contributed by atoms with van der Waals surface area (Å²) in [5.74, 6) is -0.691. The van der Waals surface area contributed by atoms with Crippen molar-refractivity contribution in [2.45, 2.75) is 67.2 Å². The maximum atomic E-state index is 10.3. The van der Waals surface area contributed by atoms with Crippen molar-refractivity contribution in [1.29, 1.82) is 0 Å². The molecule has 0 fully saturated rings. The molecule has 0 aromatic carbocycles. The van der Waals surface area contributed by atoms with Gasteiger partial charge in [0.1, 0.15) is 6.61 Å². The first kappa shape index (κ1) is 33.1. The van der Waals surface area contributed by atoms with E-state index in [0.29, 0.717) is 26.4 Å². The number of hydrogen-bond acceptors (Lipinski definition) is 7. The Hall–Kier alpha value is -0.526. The number of unbranched alkanes of at least 4 members (excludes halogenated alkanes) is 3. The largest absolute Gasteiger partial charge is 0.637 e. The Morgan fingerprint density at radius 3 is 1.65 bits per heavy atom. The van der Waals surface area contributed by atoms with Crippen LogP contribution in [-0.2, 0) is 66.0 Å². The molecule has 0 unspecified atom stereocenters.